The van der Waals surface area contributed by atoms with Crippen LogP contribution in [-0.2, 0) is 11.2 Å². The van der Waals surface area contributed by atoms with E-state index in [1.165, 1.54) is 0 Å². The van der Waals surface area contributed by atoms with Crippen molar-refractivity contribution < 1.29 is 14.3 Å². The van der Waals surface area contributed by atoms with Crippen molar-refractivity contribution in [3.05, 3.63) is 35.4 Å². The average Bonchev–Trinajstić information content (AvgIpc) is 2.46. The van der Waals surface area contributed by atoms with Crippen LogP contribution in [0.2, 0.25) is 0 Å². The van der Waals surface area contributed by atoms with Crippen molar-refractivity contribution in [2.45, 2.75) is 33.6 Å². The predicted molar refractivity (Wildman–Crippen MR) is 79.0 cm³/mol. The Balaban J connectivity index is 2.58. The first-order valence-corrected chi connectivity index (χ1v) is 7.16. The fraction of sp³-hybridized carbons (Fsp3) is 0.500. The normalized spacial score (nSPS) is 10.2. The van der Waals surface area contributed by atoms with Crippen LogP contribution in [0.3, 0.4) is 0 Å². The van der Waals surface area contributed by atoms with Crippen LogP contribution in [0.1, 0.15) is 43.1 Å². The molecule has 1 aromatic carbocycles. The van der Waals surface area contributed by atoms with Crippen LogP contribution in [0.25, 0.3) is 0 Å². The molecule has 1 rings (SSSR count). The fourth-order valence-electron chi connectivity index (χ4n) is 1.97. The summed E-state index contributed by atoms with van der Waals surface area (Å²) in [6.45, 7) is 6.80. The first kappa shape index (κ1) is 16.2. The molecule has 0 atom stereocenters. The van der Waals surface area contributed by atoms with E-state index >= 15 is 0 Å². The van der Waals surface area contributed by atoms with Crippen molar-refractivity contribution in [1.82, 2.24) is 4.90 Å². The maximum Gasteiger partial charge on any atom is 0.410 e. The Morgan fingerprint density at radius 1 is 1.15 bits per heavy atom. The minimum absolute atomic E-state index is 0.163. The van der Waals surface area contributed by atoms with E-state index in [-0.39, 0.29) is 12.4 Å². The molecule has 0 heterocycles. The second kappa shape index (κ2) is 8.35. The van der Waals surface area contributed by atoms with E-state index in [1.807, 2.05) is 32.0 Å². The highest BCUT2D eigenvalue weighted by molar-refractivity contribution is 5.98. The zero-order chi connectivity index (χ0) is 15.0. The highest BCUT2D eigenvalue weighted by Crippen LogP contribution is 2.09. The third kappa shape index (κ3) is 4.68. The lowest BCUT2D eigenvalue weighted by molar-refractivity contribution is 0.0762. The molecule has 0 radical (unpaired) electrons. The van der Waals surface area contributed by atoms with Gasteiger partial charge in [-0.15, -0.1) is 0 Å². The molecule has 20 heavy (non-hydrogen) atoms. The van der Waals surface area contributed by atoms with E-state index in [9.17, 15) is 9.59 Å². The van der Waals surface area contributed by atoms with E-state index < -0.39 is 6.09 Å². The van der Waals surface area contributed by atoms with Gasteiger partial charge < -0.3 is 9.64 Å². The van der Waals surface area contributed by atoms with E-state index in [4.69, 9.17) is 4.74 Å². The number of benzene rings is 1. The molecule has 4 heteroatoms. The summed E-state index contributed by atoms with van der Waals surface area (Å²) in [7, 11) is 0. The van der Waals surface area contributed by atoms with Crippen LogP contribution in [0.5, 0.6) is 0 Å². The Kier molecular flexibility index (Phi) is 6.77. The van der Waals surface area contributed by atoms with E-state index in [2.05, 4.69) is 6.92 Å². The molecule has 0 aliphatic rings. The van der Waals surface area contributed by atoms with E-state index in [0.29, 0.717) is 18.7 Å². The van der Waals surface area contributed by atoms with Crippen molar-refractivity contribution in [3.8, 4) is 0 Å². The Hall–Kier alpha value is -1.84. The molecule has 0 bridgehead atoms. The lowest BCUT2D eigenvalue weighted by atomic mass is 10.0. The van der Waals surface area contributed by atoms with Crippen molar-refractivity contribution >= 4 is 11.9 Å². The highest BCUT2D eigenvalue weighted by Gasteiger charge is 2.14. The average molecular weight is 277 g/mol. The van der Waals surface area contributed by atoms with Crippen molar-refractivity contribution in [2.24, 2.45) is 0 Å². The second-order valence-corrected chi connectivity index (χ2v) is 4.60. The first-order chi connectivity index (χ1) is 9.62. The van der Waals surface area contributed by atoms with Crippen LogP contribution in [0, 0.1) is 0 Å². The summed E-state index contributed by atoms with van der Waals surface area (Å²) >= 11 is 0. The van der Waals surface area contributed by atoms with Gasteiger partial charge in [0, 0.05) is 18.7 Å². The number of ketones is 1. The Labute approximate surface area is 120 Å². The zero-order valence-corrected chi connectivity index (χ0v) is 12.5. The summed E-state index contributed by atoms with van der Waals surface area (Å²) < 4.78 is 5.04. The van der Waals surface area contributed by atoms with E-state index in [0.717, 1.165) is 18.4 Å². The molecule has 0 aliphatic heterocycles. The molecular weight excluding hydrogens is 254 g/mol. The van der Waals surface area contributed by atoms with Crippen molar-refractivity contribution in [1.29, 1.82) is 0 Å². The molecule has 0 aromatic heterocycles. The predicted octanol–water partition coefficient (Wildman–Crippen LogP) is 3.30. The number of carbonyl (C=O) groups is 2. The number of carbonyl (C=O) groups excluding carboxylic acids is 2. The standard InChI is InChI=1S/C16H23NO3/c1-4-8-13-9-7-10-14(11-13)15(18)12-20-16(19)17(5-2)6-3/h7,9-11H,4-6,8,12H2,1-3H3. The van der Waals surface area contributed by atoms with Gasteiger partial charge in [0.1, 0.15) is 0 Å². The molecular formula is C16H23NO3. The third-order valence-electron chi connectivity index (χ3n) is 3.14. The first-order valence-electron chi connectivity index (χ1n) is 7.16. The molecule has 0 N–H and O–H groups in total. The Bertz CT molecular complexity index is 453. The summed E-state index contributed by atoms with van der Waals surface area (Å²) in [5.74, 6) is -0.163. The minimum Gasteiger partial charge on any atom is -0.441 e. The molecule has 1 aromatic rings. The Morgan fingerprint density at radius 2 is 1.85 bits per heavy atom. The van der Waals surface area contributed by atoms with Gasteiger partial charge in [-0.2, -0.15) is 0 Å². The fourth-order valence-corrected chi connectivity index (χ4v) is 1.97. The summed E-state index contributed by atoms with van der Waals surface area (Å²) in [4.78, 5) is 25.2. The molecule has 1 amide bonds. The zero-order valence-electron chi connectivity index (χ0n) is 12.5. The van der Waals surface area contributed by atoms with Gasteiger partial charge in [0.2, 0.25) is 0 Å². The minimum atomic E-state index is -0.437. The van der Waals surface area contributed by atoms with Gasteiger partial charge in [0.15, 0.2) is 12.4 Å². The number of Topliss-reactive ketones (excluding diaryl/α,β-unsaturated/α-hetero) is 1. The third-order valence-corrected chi connectivity index (χ3v) is 3.14. The quantitative estimate of drug-likeness (QED) is 0.718. The maximum atomic E-state index is 12.0. The topological polar surface area (TPSA) is 46.6 Å². The smallest absolute Gasteiger partial charge is 0.410 e. The maximum absolute atomic E-state index is 12.0. The summed E-state index contributed by atoms with van der Waals surface area (Å²) in [5, 5.41) is 0. The second-order valence-electron chi connectivity index (χ2n) is 4.60. The van der Waals surface area contributed by atoms with Crippen LogP contribution in [0.4, 0.5) is 4.79 Å². The van der Waals surface area contributed by atoms with Gasteiger partial charge >= 0.3 is 6.09 Å². The summed E-state index contributed by atoms with van der Waals surface area (Å²) in [5.41, 5.74) is 1.73. The molecule has 0 spiro atoms. The lowest BCUT2D eigenvalue weighted by Gasteiger charge is -2.17. The van der Waals surface area contributed by atoms with Gasteiger partial charge in [0.05, 0.1) is 0 Å². The molecule has 4 nitrogen and oxygen atoms in total. The number of nitrogens with zero attached hydrogens (tertiary/aromatic N) is 1. The number of rotatable bonds is 7. The van der Waals surface area contributed by atoms with Crippen LogP contribution in [-0.4, -0.2) is 36.5 Å². The van der Waals surface area contributed by atoms with Crippen molar-refractivity contribution in [3.63, 3.8) is 0 Å². The van der Waals surface area contributed by atoms with E-state index in [1.54, 1.807) is 11.0 Å². The number of amides is 1. The van der Waals surface area contributed by atoms with Gasteiger partial charge in [-0.1, -0.05) is 31.5 Å². The van der Waals surface area contributed by atoms with Gasteiger partial charge in [-0.25, -0.2) is 4.79 Å². The summed E-state index contributed by atoms with van der Waals surface area (Å²) in [6.07, 6.45) is 1.54. The van der Waals surface area contributed by atoms with Crippen molar-refractivity contribution in [2.75, 3.05) is 19.7 Å². The SMILES string of the molecule is CCCc1cccc(C(=O)COC(=O)N(CC)CC)c1. The monoisotopic (exact) mass is 277 g/mol. The van der Waals surface area contributed by atoms with Crippen LogP contribution in [0.15, 0.2) is 24.3 Å². The molecule has 0 saturated heterocycles. The number of hydrogen-bond acceptors (Lipinski definition) is 3. The molecule has 0 unspecified atom stereocenters. The van der Waals surface area contributed by atoms with Crippen LogP contribution < -0.4 is 0 Å². The number of aryl methyl sites for hydroxylation is 1. The van der Waals surface area contributed by atoms with Gasteiger partial charge in [-0.05, 0) is 31.9 Å². The number of hydrogen-bond donors (Lipinski definition) is 0. The molecule has 0 aliphatic carbocycles. The van der Waals surface area contributed by atoms with Crippen LogP contribution >= 0.6 is 0 Å². The molecule has 0 fully saturated rings. The largest absolute Gasteiger partial charge is 0.441 e. The Morgan fingerprint density at radius 3 is 2.45 bits per heavy atom. The molecule has 110 valence electrons. The van der Waals surface area contributed by atoms with Gasteiger partial charge in [0.25, 0.3) is 0 Å². The lowest BCUT2D eigenvalue weighted by Crippen LogP contribution is -2.32. The summed E-state index contributed by atoms with van der Waals surface area (Å²) in [6, 6.07) is 7.50. The molecule has 0 saturated carbocycles. The number of ether oxygens (including phenoxy) is 1. The highest BCUT2D eigenvalue weighted by atomic mass is 16.6. The van der Waals surface area contributed by atoms with Gasteiger partial charge in [-0.3, -0.25) is 4.79 Å².